The van der Waals surface area contributed by atoms with Crippen LogP contribution >= 0.6 is 0 Å². The van der Waals surface area contributed by atoms with E-state index < -0.39 is 0 Å². The van der Waals surface area contributed by atoms with Crippen LogP contribution < -0.4 is 5.32 Å². The molecule has 1 aliphatic carbocycles. The second-order valence-corrected chi connectivity index (χ2v) is 6.00. The van der Waals surface area contributed by atoms with E-state index in [-0.39, 0.29) is 0 Å². The topological polar surface area (TPSA) is 29.9 Å². The molecular formula is C15H27N3. The van der Waals surface area contributed by atoms with Gasteiger partial charge in [0.2, 0.25) is 5.95 Å². The lowest BCUT2D eigenvalue weighted by Gasteiger charge is -2.32. The van der Waals surface area contributed by atoms with Crippen LogP contribution in [0.4, 0.5) is 5.95 Å². The van der Waals surface area contributed by atoms with Gasteiger partial charge in [-0.05, 0) is 24.7 Å². The summed E-state index contributed by atoms with van der Waals surface area (Å²) < 4.78 is 2.26. The lowest BCUT2D eigenvalue weighted by Crippen LogP contribution is -2.33. The van der Waals surface area contributed by atoms with E-state index in [1.165, 1.54) is 32.1 Å². The van der Waals surface area contributed by atoms with E-state index in [0.717, 1.165) is 18.4 Å². The predicted molar refractivity (Wildman–Crippen MR) is 76.7 cm³/mol. The highest BCUT2D eigenvalue weighted by Crippen LogP contribution is 2.29. The molecular weight excluding hydrogens is 222 g/mol. The van der Waals surface area contributed by atoms with Crippen LogP contribution in [0.5, 0.6) is 0 Å². The molecule has 0 bridgehead atoms. The molecule has 0 radical (unpaired) electrons. The van der Waals surface area contributed by atoms with Crippen molar-refractivity contribution in [2.45, 2.75) is 65.5 Å². The molecule has 1 heterocycles. The molecule has 1 saturated carbocycles. The lowest BCUT2D eigenvalue weighted by molar-refractivity contribution is 0.315. The molecule has 18 heavy (non-hydrogen) atoms. The van der Waals surface area contributed by atoms with Gasteiger partial charge in [-0.15, -0.1) is 0 Å². The van der Waals surface area contributed by atoms with Crippen LogP contribution in [0.15, 0.2) is 12.4 Å². The van der Waals surface area contributed by atoms with Gasteiger partial charge in [0.1, 0.15) is 0 Å². The highest BCUT2D eigenvalue weighted by atomic mass is 15.2. The number of hydrogen-bond donors (Lipinski definition) is 1. The molecule has 0 amide bonds. The summed E-state index contributed by atoms with van der Waals surface area (Å²) >= 11 is 0. The van der Waals surface area contributed by atoms with Crippen molar-refractivity contribution in [1.29, 1.82) is 0 Å². The minimum atomic E-state index is 0.622. The summed E-state index contributed by atoms with van der Waals surface area (Å²) in [4.78, 5) is 4.48. The van der Waals surface area contributed by atoms with Crippen LogP contribution in [0.3, 0.4) is 0 Å². The molecule has 0 aliphatic heterocycles. The number of nitrogens with zero attached hydrogens (tertiary/aromatic N) is 2. The molecule has 1 aromatic rings. The van der Waals surface area contributed by atoms with Crippen molar-refractivity contribution in [3.05, 3.63) is 12.4 Å². The Hall–Kier alpha value is -0.990. The van der Waals surface area contributed by atoms with Crippen molar-refractivity contribution in [3.63, 3.8) is 0 Å². The molecule has 1 aromatic heterocycles. The maximum Gasteiger partial charge on any atom is 0.203 e. The Bertz CT molecular complexity index is 356. The van der Waals surface area contributed by atoms with E-state index >= 15 is 0 Å². The second-order valence-electron chi connectivity index (χ2n) is 6.00. The Morgan fingerprint density at radius 2 is 2.17 bits per heavy atom. The average molecular weight is 249 g/mol. The average Bonchev–Trinajstić information content (AvgIpc) is 2.76. The summed E-state index contributed by atoms with van der Waals surface area (Å²) in [5.41, 5.74) is 0. The van der Waals surface area contributed by atoms with Crippen molar-refractivity contribution >= 4 is 5.95 Å². The summed E-state index contributed by atoms with van der Waals surface area (Å²) in [6.45, 7) is 7.86. The van der Waals surface area contributed by atoms with Gasteiger partial charge in [-0.1, -0.05) is 40.0 Å². The molecule has 0 saturated heterocycles. The zero-order valence-corrected chi connectivity index (χ0v) is 12.0. The summed E-state index contributed by atoms with van der Waals surface area (Å²) in [6, 6.07) is 0.622. The molecule has 2 unspecified atom stereocenters. The maximum atomic E-state index is 4.48. The first-order valence-electron chi connectivity index (χ1n) is 7.48. The first kappa shape index (κ1) is 13.4. The first-order valence-corrected chi connectivity index (χ1v) is 7.48. The van der Waals surface area contributed by atoms with Crippen LogP contribution in [0.25, 0.3) is 0 Å². The molecule has 0 spiro atoms. The number of aromatic nitrogens is 2. The summed E-state index contributed by atoms with van der Waals surface area (Å²) in [5.74, 6) is 2.55. The number of nitrogens with one attached hydrogen (secondary N) is 1. The third-order valence-electron chi connectivity index (χ3n) is 4.03. The zero-order chi connectivity index (χ0) is 13.0. The minimum Gasteiger partial charge on any atom is -0.353 e. The molecule has 3 heteroatoms. The zero-order valence-electron chi connectivity index (χ0n) is 12.0. The Labute approximate surface area is 111 Å². The highest BCUT2D eigenvalue weighted by molar-refractivity contribution is 5.28. The van der Waals surface area contributed by atoms with Crippen molar-refractivity contribution in [3.8, 4) is 0 Å². The van der Waals surface area contributed by atoms with Gasteiger partial charge in [-0.2, -0.15) is 0 Å². The molecule has 102 valence electrons. The predicted octanol–water partition coefficient (Wildman–Crippen LogP) is 3.92. The summed E-state index contributed by atoms with van der Waals surface area (Å²) in [6.07, 6.45) is 10.7. The lowest BCUT2D eigenvalue weighted by atomic mass is 9.83. The fourth-order valence-electron chi connectivity index (χ4n) is 3.04. The Kier molecular flexibility index (Phi) is 4.67. The van der Waals surface area contributed by atoms with Gasteiger partial charge in [-0.3, -0.25) is 0 Å². The molecule has 1 N–H and O–H groups in total. The number of hydrogen-bond acceptors (Lipinski definition) is 2. The maximum absolute atomic E-state index is 4.48. The highest BCUT2D eigenvalue weighted by Gasteiger charge is 2.24. The Morgan fingerprint density at radius 1 is 1.39 bits per heavy atom. The van der Waals surface area contributed by atoms with Gasteiger partial charge in [0, 0.05) is 25.0 Å². The Balaban J connectivity index is 2.01. The molecule has 2 rings (SSSR count). The Morgan fingerprint density at radius 3 is 2.89 bits per heavy atom. The number of imidazole rings is 1. The molecule has 0 aromatic carbocycles. The van der Waals surface area contributed by atoms with E-state index in [1.54, 1.807) is 0 Å². The van der Waals surface area contributed by atoms with E-state index in [1.807, 2.05) is 6.20 Å². The van der Waals surface area contributed by atoms with Crippen molar-refractivity contribution < 1.29 is 0 Å². The van der Waals surface area contributed by atoms with E-state index in [9.17, 15) is 0 Å². The van der Waals surface area contributed by atoms with Crippen LogP contribution in [0.1, 0.15) is 52.9 Å². The van der Waals surface area contributed by atoms with Crippen LogP contribution in [0.2, 0.25) is 0 Å². The monoisotopic (exact) mass is 249 g/mol. The van der Waals surface area contributed by atoms with Gasteiger partial charge in [0.25, 0.3) is 0 Å². The normalized spacial score (nSPS) is 24.4. The summed E-state index contributed by atoms with van der Waals surface area (Å²) in [5, 5.41) is 3.69. The fraction of sp³-hybridized carbons (Fsp3) is 0.800. The standard InChI is InChI=1S/C15H27N3/c1-4-13-7-5-6-8-14(13)17-15-16-9-10-18(15)11-12(2)3/h9-10,12-14H,4-8,11H2,1-3H3,(H,16,17). The van der Waals surface area contributed by atoms with Crippen LogP contribution in [0, 0.1) is 11.8 Å². The van der Waals surface area contributed by atoms with E-state index in [2.05, 4.69) is 41.8 Å². The van der Waals surface area contributed by atoms with Crippen LogP contribution in [-0.2, 0) is 6.54 Å². The molecule has 1 aliphatic rings. The van der Waals surface area contributed by atoms with Crippen molar-refractivity contribution in [1.82, 2.24) is 9.55 Å². The smallest absolute Gasteiger partial charge is 0.203 e. The number of rotatable bonds is 5. The van der Waals surface area contributed by atoms with Gasteiger partial charge in [-0.25, -0.2) is 4.98 Å². The summed E-state index contributed by atoms with van der Waals surface area (Å²) in [7, 11) is 0. The fourth-order valence-corrected chi connectivity index (χ4v) is 3.04. The van der Waals surface area contributed by atoms with E-state index in [4.69, 9.17) is 0 Å². The van der Waals surface area contributed by atoms with Crippen molar-refractivity contribution in [2.24, 2.45) is 11.8 Å². The third-order valence-corrected chi connectivity index (χ3v) is 4.03. The van der Waals surface area contributed by atoms with Crippen molar-refractivity contribution in [2.75, 3.05) is 5.32 Å². The molecule has 2 atom stereocenters. The molecule has 3 nitrogen and oxygen atoms in total. The van der Waals surface area contributed by atoms with Gasteiger partial charge >= 0.3 is 0 Å². The van der Waals surface area contributed by atoms with Gasteiger partial charge < -0.3 is 9.88 Å². The van der Waals surface area contributed by atoms with E-state index in [0.29, 0.717) is 12.0 Å². The number of anilines is 1. The van der Waals surface area contributed by atoms with Gasteiger partial charge in [0.15, 0.2) is 0 Å². The quantitative estimate of drug-likeness (QED) is 0.857. The van der Waals surface area contributed by atoms with Gasteiger partial charge in [0.05, 0.1) is 0 Å². The second kappa shape index (κ2) is 6.26. The first-order chi connectivity index (χ1) is 8.70. The SMILES string of the molecule is CCC1CCCCC1Nc1nccn1CC(C)C. The minimum absolute atomic E-state index is 0.622. The third kappa shape index (κ3) is 3.27. The largest absolute Gasteiger partial charge is 0.353 e. The van der Waals surface area contributed by atoms with Crippen LogP contribution in [-0.4, -0.2) is 15.6 Å². The molecule has 1 fully saturated rings.